The van der Waals surface area contributed by atoms with E-state index in [9.17, 15) is 13.2 Å². The normalized spacial score (nSPS) is 27.5. The van der Waals surface area contributed by atoms with Gasteiger partial charge in [0.05, 0.1) is 5.92 Å². The van der Waals surface area contributed by atoms with Crippen molar-refractivity contribution >= 4 is 0 Å². The number of rotatable bonds is 3. The van der Waals surface area contributed by atoms with Crippen molar-refractivity contribution in [3.05, 3.63) is 0 Å². The molecule has 2 aliphatic rings. The topological polar surface area (TPSA) is 26.0 Å². The summed E-state index contributed by atoms with van der Waals surface area (Å²) in [4.78, 5) is 0. The fourth-order valence-electron chi connectivity index (χ4n) is 3.07. The monoisotopic (exact) mass is 249 g/mol. The van der Waals surface area contributed by atoms with Crippen LogP contribution in [0.2, 0.25) is 0 Å². The Kier molecular flexibility index (Phi) is 3.71. The zero-order valence-corrected chi connectivity index (χ0v) is 10.2. The molecule has 1 atom stereocenters. The van der Waals surface area contributed by atoms with Gasteiger partial charge in [-0.3, -0.25) is 0 Å². The standard InChI is InChI=1S/C13H22F3N/c14-13(15,16)11(9-12(17)7-8-12)10-5-3-1-2-4-6-10/h10-11H,1-9,17H2. The molecule has 1 unspecified atom stereocenters. The Balaban J connectivity index is 2.02. The molecule has 0 heterocycles. The van der Waals surface area contributed by atoms with Gasteiger partial charge in [0.1, 0.15) is 0 Å². The summed E-state index contributed by atoms with van der Waals surface area (Å²) in [6.45, 7) is 0. The maximum Gasteiger partial charge on any atom is 0.392 e. The van der Waals surface area contributed by atoms with Crippen molar-refractivity contribution in [3.8, 4) is 0 Å². The molecule has 2 aliphatic carbocycles. The Morgan fingerprint density at radius 1 is 1.06 bits per heavy atom. The van der Waals surface area contributed by atoms with Crippen molar-refractivity contribution < 1.29 is 13.2 Å². The Morgan fingerprint density at radius 3 is 2.00 bits per heavy atom. The first-order valence-electron chi connectivity index (χ1n) is 6.76. The van der Waals surface area contributed by atoms with Crippen LogP contribution in [-0.4, -0.2) is 11.7 Å². The molecule has 0 saturated heterocycles. The van der Waals surface area contributed by atoms with Crippen LogP contribution in [0.25, 0.3) is 0 Å². The Labute approximate surface area is 101 Å². The number of hydrogen-bond acceptors (Lipinski definition) is 1. The van der Waals surface area contributed by atoms with Gasteiger partial charge >= 0.3 is 6.18 Å². The van der Waals surface area contributed by atoms with Crippen LogP contribution in [0.15, 0.2) is 0 Å². The van der Waals surface area contributed by atoms with Gasteiger partial charge in [-0.15, -0.1) is 0 Å². The number of hydrogen-bond donors (Lipinski definition) is 1. The molecule has 2 N–H and O–H groups in total. The summed E-state index contributed by atoms with van der Waals surface area (Å²) in [5.41, 5.74) is 5.40. The highest BCUT2D eigenvalue weighted by Crippen LogP contribution is 2.48. The molecule has 0 aromatic rings. The molecule has 0 bridgehead atoms. The van der Waals surface area contributed by atoms with Gasteiger partial charge in [0.25, 0.3) is 0 Å². The summed E-state index contributed by atoms with van der Waals surface area (Å²) in [5.74, 6) is -1.34. The zero-order valence-electron chi connectivity index (χ0n) is 10.2. The quantitative estimate of drug-likeness (QED) is 0.751. The van der Waals surface area contributed by atoms with Crippen LogP contribution in [0.1, 0.15) is 57.8 Å². The van der Waals surface area contributed by atoms with Crippen LogP contribution in [-0.2, 0) is 0 Å². The second kappa shape index (κ2) is 4.79. The van der Waals surface area contributed by atoms with E-state index in [1.54, 1.807) is 0 Å². The van der Waals surface area contributed by atoms with Crippen LogP contribution in [0.4, 0.5) is 13.2 Å². The Hall–Kier alpha value is -0.250. The summed E-state index contributed by atoms with van der Waals surface area (Å²) in [6, 6.07) is 0. The van der Waals surface area contributed by atoms with Gasteiger partial charge in [0.15, 0.2) is 0 Å². The Morgan fingerprint density at radius 2 is 1.59 bits per heavy atom. The number of nitrogens with two attached hydrogens (primary N) is 1. The molecule has 0 aromatic carbocycles. The van der Waals surface area contributed by atoms with Crippen LogP contribution >= 0.6 is 0 Å². The summed E-state index contributed by atoms with van der Waals surface area (Å²) in [6.07, 6.45) is 3.19. The third-order valence-corrected chi connectivity index (χ3v) is 4.41. The summed E-state index contributed by atoms with van der Waals surface area (Å²) >= 11 is 0. The first kappa shape index (κ1) is 13.2. The highest BCUT2D eigenvalue weighted by Gasteiger charge is 2.51. The molecule has 4 heteroatoms. The lowest BCUT2D eigenvalue weighted by Crippen LogP contribution is -2.37. The molecule has 0 aromatic heterocycles. The lowest BCUT2D eigenvalue weighted by molar-refractivity contribution is -0.194. The maximum absolute atomic E-state index is 13.1. The molecule has 2 rings (SSSR count). The van der Waals surface area contributed by atoms with Crippen molar-refractivity contribution in [1.82, 2.24) is 0 Å². The van der Waals surface area contributed by atoms with Crippen molar-refractivity contribution in [3.63, 3.8) is 0 Å². The first-order valence-corrected chi connectivity index (χ1v) is 6.76. The van der Waals surface area contributed by atoms with Crippen LogP contribution in [0.5, 0.6) is 0 Å². The number of halogens is 3. The van der Waals surface area contributed by atoms with Crippen LogP contribution in [0, 0.1) is 11.8 Å². The van der Waals surface area contributed by atoms with Gasteiger partial charge in [-0.25, -0.2) is 0 Å². The van der Waals surface area contributed by atoms with Gasteiger partial charge in [0.2, 0.25) is 0 Å². The minimum Gasteiger partial charge on any atom is -0.325 e. The summed E-state index contributed by atoms with van der Waals surface area (Å²) in [7, 11) is 0. The molecule has 2 fully saturated rings. The Bertz CT molecular complexity index is 250. The van der Waals surface area contributed by atoms with E-state index in [1.165, 1.54) is 0 Å². The highest BCUT2D eigenvalue weighted by atomic mass is 19.4. The van der Waals surface area contributed by atoms with Crippen LogP contribution in [0.3, 0.4) is 0 Å². The molecule has 1 nitrogen and oxygen atoms in total. The molecule has 17 heavy (non-hydrogen) atoms. The van der Waals surface area contributed by atoms with Gasteiger partial charge in [-0.1, -0.05) is 25.7 Å². The SMILES string of the molecule is NC1(CC(C2CCCCCC2)C(F)(F)F)CC1. The van der Waals surface area contributed by atoms with Gasteiger partial charge in [-0.05, 0) is 38.0 Å². The molecule has 0 amide bonds. The third-order valence-electron chi connectivity index (χ3n) is 4.41. The molecule has 2 saturated carbocycles. The predicted molar refractivity (Wildman–Crippen MR) is 61.5 cm³/mol. The van der Waals surface area contributed by atoms with E-state index in [4.69, 9.17) is 5.73 Å². The summed E-state index contributed by atoms with van der Waals surface area (Å²) in [5, 5.41) is 0. The van der Waals surface area contributed by atoms with Crippen molar-refractivity contribution in [2.24, 2.45) is 17.6 Å². The largest absolute Gasteiger partial charge is 0.392 e. The maximum atomic E-state index is 13.1. The minimum atomic E-state index is -4.07. The molecular formula is C13H22F3N. The van der Waals surface area contributed by atoms with E-state index in [-0.39, 0.29) is 12.3 Å². The molecular weight excluding hydrogens is 227 g/mol. The van der Waals surface area contributed by atoms with Crippen molar-refractivity contribution in [2.75, 3.05) is 0 Å². The molecule has 0 spiro atoms. The fourth-order valence-corrected chi connectivity index (χ4v) is 3.07. The van der Waals surface area contributed by atoms with E-state index in [2.05, 4.69) is 0 Å². The molecule has 0 aliphatic heterocycles. The summed E-state index contributed by atoms with van der Waals surface area (Å²) < 4.78 is 39.4. The lowest BCUT2D eigenvalue weighted by Gasteiger charge is -2.30. The minimum absolute atomic E-state index is 0.154. The van der Waals surface area contributed by atoms with Crippen molar-refractivity contribution in [1.29, 1.82) is 0 Å². The lowest BCUT2D eigenvalue weighted by atomic mass is 9.81. The second-order valence-electron chi connectivity index (χ2n) is 5.97. The van der Waals surface area contributed by atoms with Gasteiger partial charge in [0, 0.05) is 5.54 Å². The molecule has 0 radical (unpaired) electrons. The molecule has 100 valence electrons. The van der Waals surface area contributed by atoms with Gasteiger partial charge < -0.3 is 5.73 Å². The smallest absolute Gasteiger partial charge is 0.325 e. The highest BCUT2D eigenvalue weighted by molar-refractivity contribution is 5.01. The van der Waals surface area contributed by atoms with E-state index >= 15 is 0 Å². The fraction of sp³-hybridized carbons (Fsp3) is 1.00. The van der Waals surface area contributed by atoms with Crippen LogP contribution < -0.4 is 5.73 Å². The number of alkyl halides is 3. The average Bonchev–Trinajstić information content (AvgIpc) is 2.97. The second-order valence-corrected chi connectivity index (χ2v) is 5.97. The van der Waals surface area contributed by atoms with Crippen molar-refractivity contribution in [2.45, 2.75) is 69.5 Å². The van der Waals surface area contributed by atoms with E-state index in [0.717, 1.165) is 51.4 Å². The van der Waals surface area contributed by atoms with Gasteiger partial charge in [-0.2, -0.15) is 13.2 Å². The predicted octanol–water partition coefficient (Wildman–Crippen LogP) is 4.02. The van der Waals surface area contributed by atoms with E-state index in [0.29, 0.717) is 0 Å². The van der Waals surface area contributed by atoms with E-state index in [1.807, 2.05) is 0 Å². The zero-order chi connectivity index (χ0) is 12.5. The first-order chi connectivity index (χ1) is 7.91. The van der Waals surface area contributed by atoms with E-state index < -0.39 is 17.6 Å². The average molecular weight is 249 g/mol. The third kappa shape index (κ3) is 3.60.